The van der Waals surface area contributed by atoms with Crippen molar-refractivity contribution in [1.82, 2.24) is 25.0 Å². The number of piperidine rings is 1. The second-order valence-electron chi connectivity index (χ2n) is 5.11. The summed E-state index contributed by atoms with van der Waals surface area (Å²) in [5.74, 6) is 1.07. The molecule has 0 radical (unpaired) electrons. The molecule has 0 atom stereocenters. The third-order valence-corrected chi connectivity index (χ3v) is 3.46. The average molecular weight is 237 g/mol. The highest BCUT2D eigenvalue weighted by molar-refractivity contribution is 4.88. The third kappa shape index (κ3) is 3.04. The van der Waals surface area contributed by atoms with Gasteiger partial charge < -0.3 is 5.32 Å². The van der Waals surface area contributed by atoms with Gasteiger partial charge in [-0.15, -0.1) is 0 Å². The third-order valence-electron chi connectivity index (χ3n) is 3.46. The Morgan fingerprint density at radius 1 is 1.47 bits per heavy atom. The van der Waals surface area contributed by atoms with Gasteiger partial charge >= 0.3 is 0 Å². The van der Waals surface area contributed by atoms with Gasteiger partial charge in [0.05, 0.1) is 6.54 Å². The zero-order chi connectivity index (χ0) is 12.3. The Labute approximate surface area is 103 Å². The maximum atomic E-state index is 4.37. The molecule has 17 heavy (non-hydrogen) atoms. The maximum Gasteiger partial charge on any atom is 0.141 e. The first-order chi connectivity index (χ1) is 8.18. The number of rotatable bonds is 4. The van der Waals surface area contributed by atoms with Crippen LogP contribution in [0.5, 0.6) is 0 Å². The molecule has 2 heterocycles. The van der Waals surface area contributed by atoms with E-state index in [4.69, 9.17) is 0 Å². The van der Waals surface area contributed by atoms with Crippen molar-refractivity contribution >= 4 is 0 Å². The van der Waals surface area contributed by atoms with Crippen molar-refractivity contribution in [3.63, 3.8) is 0 Å². The first kappa shape index (κ1) is 12.5. The summed E-state index contributed by atoms with van der Waals surface area (Å²) in [5, 5.41) is 7.68. The van der Waals surface area contributed by atoms with Crippen molar-refractivity contribution in [2.45, 2.75) is 45.3 Å². The second kappa shape index (κ2) is 5.60. The SMILES string of the molecule is CC(C)n1ncnc1CN(C)C1CCNCC1. The van der Waals surface area contributed by atoms with Crippen LogP contribution in [0.1, 0.15) is 38.6 Å². The molecule has 0 unspecified atom stereocenters. The Bertz CT molecular complexity index is 340. The summed E-state index contributed by atoms with van der Waals surface area (Å²) in [7, 11) is 2.19. The Morgan fingerprint density at radius 3 is 2.82 bits per heavy atom. The lowest BCUT2D eigenvalue weighted by Gasteiger charge is -2.31. The van der Waals surface area contributed by atoms with Crippen LogP contribution in [0, 0.1) is 0 Å². The highest BCUT2D eigenvalue weighted by Crippen LogP contribution is 2.14. The Kier molecular flexibility index (Phi) is 4.12. The molecule has 0 spiro atoms. The lowest BCUT2D eigenvalue weighted by Crippen LogP contribution is -2.41. The Balaban J connectivity index is 1.97. The van der Waals surface area contributed by atoms with Gasteiger partial charge in [-0.1, -0.05) is 0 Å². The van der Waals surface area contributed by atoms with Gasteiger partial charge in [0.25, 0.3) is 0 Å². The number of aromatic nitrogens is 3. The number of hydrogen-bond donors (Lipinski definition) is 1. The second-order valence-corrected chi connectivity index (χ2v) is 5.11. The van der Waals surface area contributed by atoms with Crippen LogP contribution in [0.4, 0.5) is 0 Å². The number of nitrogens with one attached hydrogen (secondary N) is 1. The smallest absolute Gasteiger partial charge is 0.141 e. The van der Waals surface area contributed by atoms with E-state index in [1.807, 2.05) is 4.68 Å². The minimum atomic E-state index is 0.383. The summed E-state index contributed by atoms with van der Waals surface area (Å²) >= 11 is 0. The first-order valence-electron chi connectivity index (χ1n) is 6.48. The van der Waals surface area contributed by atoms with E-state index >= 15 is 0 Å². The average Bonchev–Trinajstić information content (AvgIpc) is 2.78. The molecule has 2 rings (SSSR count). The van der Waals surface area contributed by atoms with E-state index in [1.54, 1.807) is 6.33 Å². The quantitative estimate of drug-likeness (QED) is 0.850. The molecular weight excluding hydrogens is 214 g/mol. The van der Waals surface area contributed by atoms with Gasteiger partial charge in [-0.2, -0.15) is 5.10 Å². The van der Waals surface area contributed by atoms with E-state index in [-0.39, 0.29) is 0 Å². The molecular formula is C12H23N5. The van der Waals surface area contributed by atoms with Gasteiger partial charge in [0, 0.05) is 12.1 Å². The molecule has 5 nitrogen and oxygen atoms in total. The maximum absolute atomic E-state index is 4.37. The van der Waals surface area contributed by atoms with E-state index in [9.17, 15) is 0 Å². The molecule has 1 aliphatic heterocycles. The highest BCUT2D eigenvalue weighted by Gasteiger charge is 2.19. The van der Waals surface area contributed by atoms with E-state index in [0.29, 0.717) is 12.1 Å². The fourth-order valence-corrected chi connectivity index (χ4v) is 2.42. The molecule has 1 N–H and O–H groups in total. The van der Waals surface area contributed by atoms with Crippen LogP contribution < -0.4 is 5.32 Å². The first-order valence-corrected chi connectivity index (χ1v) is 6.48. The van der Waals surface area contributed by atoms with Gasteiger partial charge in [-0.05, 0) is 46.8 Å². The lowest BCUT2D eigenvalue weighted by atomic mass is 10.1. The lowest BCUT2D eigenvalue weighted by molar-refractivity contribution is 0.184. The van der Waals surface area contributed by atoms with Crippen molar-refractivity contribution in [2.75, 3.05) is 20.1 Å². The molecule has 5 heteroatoms. The standard InChI is InChI=1S/C12H23N5/c1-10(2)17-12(14-9-15-17)8-16(3)11-4-6-13-7-5-11/h9-11,13H,4-8H2,1-3H3. The molecule has 0 aromatic carbocycles. The van der Waals surface area contributed by atoms with Crippen LogP contribution in [0.15, 0.2) is 6.33 Å². The van der Waals surface area contributed by atoms with Crippen LogP contribution in [-0.2, 0) is 6.54 Å². The molecule has 0 amide bonds. The van der Waals surface area contributed by atoms with Gasteiger partial charge in [-0.3, -0.25) is 4.90 Å². The zero-order valence-corrected chi connectivity index (χ0v) is 11.1. The molecule has 0 aliphatic carbocycles. The molecule has 1 aromatic rings. The molecule has 1 saturated heterocycles. The van der Waals surface area contributed by atoms with E-state index < -0.39 is 0 Å². The summed E-state index contributed by atoms with van der Waals surface area (Å²) in [5.41, 5.74) is 0. The summed E-state index contributed by atoms with van der Waals surface area (Å²) in [6.45, 7) is 7.44. The van der Waals surface area contributed by atoms with Crippen molar-refractivity contribution in [1.29, 1.82) is 0 Å². The minimum absolute atomic E-state index is 0.383. The van der Waals surface area contributed by atoms with Crippen LogP contribution in [0.25, 0.3) is 0 Å². The normalized spacial score (nSPS) is 18.2. The van der Waals surface area contributed by atoms with Crippen LogP contribution >= 0.6 is 0 Å². The minimum Gasteiger partial charge on any atom is -0.317 e. The van der Waals surface area contributed by atoms with Gasteiger partial charge in [0.15, 0.2) is 0 Å². The number of hydrogen-bond acceptors (Lipinski definition) is 4. The van der Waals surface area contributed by atoms with Crippen LogP contribution in [-0.4, -0.2) is 45.8 Å². The van der Waals surface area contributed by atoms with Gasteiger partial charge in [0.1, 0.15) is 12.2 Å². The molecule has 0 bridgehead atoms. The topological polar surface area (TPSA) is 46.0 Å². The molecule has 0 saturated carbocycles. The predicted molar refractivity (Wildman–Crippen MR) is 67.8 cm³/mol. The van der Waals surface area contributed by atoms with Crippen molar-refractivity contribution < 1.29 is 0 Å². The van der Waals surface area contributed by atoms with Crippen LogP contribution in [0.3, 0.4) is 0 Å². The Hall–Kier alpha value is -0.940. The van der Waals surface area contributed by atoms with Crippen molar-refractivity contribution in [3.8, 4) is 0 Å². The van der Waals surface area contributed by atoms with Gasteiger partial charge in [0.2, 0.25) is 0 Å². The van der Waals surface area contributed by atoms with Gasteiger partial charge in [-0.25, -0.2) is 9.67 Å². The molecule has 1 aromatic heterocycles. The van der Waals surface area contributed by atoms with Crippen LogP contribution in [0.2, 0.25) is 0 Å². The van der Waals surface area contributed by atoms with E-state index in [2.05, 4.69) is 41.2 Å². The predicted octanol–water partition coefficient (Wildman–Crippen LogP) is 1.04. The van der Waals surface area contributed by atoms with Crippen molar-refractivity contribution in [3.05, 3.63) is 12.2 Å². The fourth-order valence-electron chi connectivity index (χ4n) is 2.42. The zero-order valence-electron chi connectivity index (χ0n) is 11.1. The highest BCUT2D eigenvalue weighted by atomic mass is 15.4. The summed E-state index contributed by atoms with van der Waals surface area (Å²) in [6.07, 6.45) is 4.12. The monoisotopic (exact) mass is 237 g/mol. The van der Waals surface area contributed by atoms with Crippen molar-refractivity contribution in [2.24, 2.45) is 0 Å². The molecule has 1 fully saturated rings. The summed E-state index contributed by atoms with van der Waals surface area (Å²) in [4.78, 5) is 6.77. The van der Waals surface area contributed by atoms with E-state index in [1.165, 1.54) is 12.8 Å². The fraction of sp³-hybridized carbons (Fsp3) is 0.833. The summed E-state index contributed by atoms with van der Waals surface area (Å²) in [6, 6.07) is 1.06. The molecule has 96 valence electrons. The molecule has 1 aliphatic rings. The largest absolute Gasteiger partial charge is 0.317 e. The Morgan fingerprint density at radius 2 is 2.18 bits per heavy atom. The van der Waals surface area contributed by atoms with E-state index in [0.717, 1.165) is 25.5 Å². The summed E-state index contributed by atoms with van der Waals surface area (Å²) < 4.78 is 2.01. The number of nitrogens with zero attached hydrogens (tertiary/aromatic N) is 4.